The number of aldehydes is 1. The molecule has 0 saturated heterocycles. The Bertz CT molecular complexity index is 547. The van der Waals surface area contributed by atoms with Gasteiger partial charge in [0.15, 0.2) is 6.29 Å². The molecule has 0 bridgehead atoms. The van der Waals surface area contributed by atoms with Gasteiger partial charge in [-0.15, -0.1) is 0 Å². The summed E-state index contributed by atoms with van der Waals surface area (Å²) in [4.78, 5) is 21.9. The van der Waals surface area contributed by atoms with Crippen molar-refractivity contribution in [3.8, 4) is 5.75 Å². The van der Waals surface area contributed by atoms with E-state index in [0.717, 1.165) is 5.56 Å². The second kappa shape index (κ2) is 5.77. The number of carbonyl (C=O) groups is 2. The van der Waals surface area contributed by atoms with Crippen molar-refractivity contribution in [3.05, 3.63) is 65.7 Å². The molecule has 2 aromatic carbocycles. The largest absolute Gasteiger partial charge is 0.488 e. The third kappa shape index (κ3) is 2.83. The van der Waals surface area contributed by atoms with Crippen LogP contribution < -0.4 is 4.74 Å². The molecule has 0 N–H and O–H groups in total. The number of rotatable bonds is 5. The number of Topliss-reactive ketones (excluding diaryl/α,β-unsaturated/α-hetero) is 1. The molecular weight excluding hydrogens is 228 g/mol. The summed E-state index contributed by atoms with van der Waals surface area (Å²) in [6.45, 7) is 0.365. The first-order chi connectivity index (χ1) is 8.81. The first-order valence-electron chi connectivity index (χ1n) is 5.56. The molecular formula is C15H12O3. The minimum atomic E-state index is -0.571. The van der Waals surface area contributed by atoms with Crippen LogP contribution in [0.5, 0.6) is 5.75 Å². The number of ketones is 1. The number of hydrogen-bond donors (Lipinski definition) is 0. The Labute approximate surface area is 105 Å². The molecule has 0 heterocycles. The lowest BCUT2D eigenvalue weighted by Crippen LogP contribution is -2.04. The van der Waals surface area contributed by atoms with E-state index >= 15 is 0 Å². The van der Waals surface area contributed by atoms with Crippen LogP contribution in [0.4, 0.5) is 0 Å². The maximum absolute atomic E-state index is 11.4. The molecule has 0 fully saturated rings. The summed E-state index contributed by atoms with van der Waals surface area (Å²) in [6, 6.07) is 16.4. The molecule has 2 rings (SSSR count). The van der Waals surface area contributed by atoms with Crippen molar-refractivity contribution < 1.29 is 14.3 Å². The smallest absolute Gasteiger partial charge is 0.229 e. The quantitative estimate of drug-likeness (QED) is 0.458. The molecule has 0 aliphatic heterocycles. The molecule has 18 heavy (non-hydrogen) atoms. The van der Waals surface area contributed by atoms with E-state index in [9.17, 15) is 9.59 Å². The molecule has 0 spiro atoms. The van der Waals surface area contributed by atoms with Gasteiger partial charge < -0.3 is 4.74 Å². The molecule has 0 saturated carbocycles. The predicted octanol–water partition coefficient (Wildman–Crippen LogP) is 2.65. The third-order valence-corrected chi connectivity index (χ3v) is 2.50. The highest BCUT2D eigenvalue weighted by molar-refractivity contribution is 6.34. The number of carbonyl (C=O) groups excluding carboxylic acids is 2. The Morgan fingerprint density at radius 3 is 2.39 bits per heavy atom. The molecule has 3 heteroatoms. The predicted molar refractivity (Wildman–Crippen MR) is 67.6 cm³/mol. The van der Waals surface area contributed by atoms with Crippen LogP contribution in [0.3, 0.4) is 0 Å². The van der Waals surface area contributed by atoms with Crippen molar-refractivity contribution >= 4 is 12.1 Å². The maximum Gasteiger partial charge on any atom is 0.229 e. The van der Waals surface area contributed by atoms with Gasteiger partial charge in [-0.2, -0.15) is 0 Å². The molecule has 0 amide bonds. The molecule has 3 nitrogen and oxygen atoms in total. The summed E-state index contributed by atoms with van der Waals surface area (Å²) in [7, 11) is 0. The molecule has 0 unspecified atom stereocenters. The highest BCUT2D eigenvalue weighted by Crippen LogP contribution is 2.19. The Balaban J connectivity index is 2.14. The van der Waals surface area contributed by atoms with Gasteiger partial charge in [-0.25, -0.2) is 0 Å². The van der Waals surface area contributed by atoms with E-state index in [1.165, 1.54) is 0 Å². The normalized spacial score (nSPS) is 9.78. The van der Waals surface area contributed by atoms with E-state index in [4.69, 9.17) is 4.74 Å². The Morgan fingerprint density at radius 2 is 1.67 bits per heavy atom. The van der Waals surface area contributed by atoms with Crippen molar-refractivity contribution in [1.29, 1.82) is 0 Å². The maximum atomic E-state index is 11.4. The van der Waals surface area contributed by atoms with Gasteiger partial charge in [0.25, 0.3) is 0 Å². The van der Waals surface area contributed by atoms with Crippen molar-refractivity contribution in [2.45, 2.75) is 6.61 Å². The van der Waals surface area contributed by atoms with E-state index in [-0.39, 0.29) is 0 Å². The number of hydrogen-bond acceptors (Lipinski definition) is 3. The number of ether oxygens (including phenoxy) is 1. The van der Waals surface area contributed by atoms with Gasteiger partial charge in [0, 0.05) is 0 Å². The van der Waals surface area contributed by atoms with Crippen LogP contribution in [0, 0.1) is 0 Å². The zero-order valence-electron chi connectivity index (χ0n) is 9.71. The topological polar surface area (TPSA) is 43.4 Å². The van der Waals surface area contributed by atoms with Crippen molar-refractivity contribution in [2.75, 3.05) is 0 Å². The van der Waals surface area contributed by atoms with Gasteiger partial charge in [-0.3, -0.25) is 9.59 Å². The average Bonchev–Trinajstić information content (AvgIpc) is 2.45. The fourth-order valence-corrected chi connectivity index (χ4v) is 1.59. The third-order valence-electron chi connectivity index (χ3n) is 2.50. The highest BCUT2D eigenvalue weighted by Gasteiger charge is 2.10. The summed E-state index contributed by atoms with van der Waals surface area (Å²) in [5.74, 6) is -0.142. The van der Waals surface area contributed by atoms with E-state index in [1.54, 1.807) is 24.3 Å². The number of para-hydroxylation sites is 1. The van der Waals surface area contributed by atoms with E-state index in [0.29, 0.717) is 24.2 Å². The van der Waals surface area contributed by atoms with Crippen molar-refractivity contribution in [2.24, 2.45) is 0 Å². The monoisotopic (exact) mass is 240 g/mol. The summed E-state index contributed by atoms with van der Waals surface area (Å²) in [5.41, 5.74) is 1.30. The minimum Gasteiger partial charge on any atom is -0.488 e. The van der Waals surface area contributed by atoms with Gasteiger partial charge in [0.2, 0.25) is 5.78 Å². The van der Waals surface area contributed by atoms with Gasteiger partial charge in [0.1, 0.15) is 12.4 Å². The van der Waals surface area contributed by atoms with Crippen LogP contribution in [-0.4, -0.2) is 12.1 Å². The van der Waals surface area contributed by atoms with Gasteiger partial charge in [-0.05, 0) is 17.7 Å². The molecule has 0 atom stereocenters. The van der Waals surface area contributed by atoms with Crippen molar-refractivity contribution in [1.82, 2.24) is 0 Å². The molecule has 0 radical (unpaired) electrons. The second-order valence-corrected chi connectivity index (χ2v) is 3.75. The van der Waals surface area contributed by atoms with Crippen molar-refractivity contribution in [3.63, 3.8) is 0 Å². The van der Waals surface area contributed by atoms with E-state index in [2.05, 4.69) is 0 Å². The SMILES string of the molecule is O=CC(=O)c1ccccc1OCc1ccccc1. The van der Waals surface area contributed by atoms with Crippen LogP contribution in [0.15, 0.2) is 54.6 Å². The fourth-order valence-electron chi connectivity index (χ4n) is 1.59. The van der Waals surface area contributed by atoms with E-state index in [1.807, 2.05) is 30.3 Å². The highest BCUT2D eigenvalue weighted by atomic mass is 16.5. The van der Waals surface area contributed by atoms with Crippen LogP contribution in [-0.2, 0) is 11.4 Å². The van der Waals surface area contributed by atoms with Gasteiger partial charge >= 0.3 is 0 Å². The van der Waals surface area contributed by atoms with Gasteiger partial charge in [0.05, 0.1) is 5.56 Å². The van der Waals surface area contributed by atoms with Crippen LogP contribution in [0.2, 0.25) is 0 Å². The summed E-state index contributed by atoms with van der Waals surface area (Å²) >= 11 is 0. The first-order valence-corrected chi connectivity index (χ1v) is 5.56. The fraction of sp³-hybridized carbons (Fsp3) is 0.0667. The molecule has 0 aliphatic rings. The zero-order chi connectivity index (χ0) is 12.8. The second-order valence-electron chi connectivity index (χ2n) is 3.75. The Kier molecular flexibility index (Phi) is 3.86. The van der Waals surface area contributed by atoms with Crippen LogP contribution in [0.1, 0.15) is 15.9 Å². The Hall–Kier alpha value is -2.42. The Morgan fingerprint density at radius 1 is 1.00 bits per heavy atom. The lowest BCUT2D eigenvalue weighted by atomic mass is 10.1. The standard InChI is InChI=1S/C15H12O3/c16-10-14(17)13-8-4-5-9-15(13)18-11-12-6-2-1-3-7-12/h1-10H,11H2. The van der Waals surface area contributed by atoms with E-state index < -0.39 is 5.78 Å². The zero-order valence-corrected chi connectivity index (χ0v) is 9.71. The number of benzene rings is 2. The molecule has 0 aliphatic carbocycles. The van der Waals surface area contributed by atoms with Gasteiger partial charge in [-0.1, -0.05) is 42.5 Å². The lowest BCUT2D eigenvalue weighted by Gasteiger charge is -2.09. The molecule has 90 valence electrons. The molecule has 0 aromatic heterocycles. The van der Waals surface area contributed by atoms with Crippen LogP contribution in [0.25, 0.3) is 0 Å². The summed E-state index contributed by atoms with van der Waals surface area (Å²) in [6.07, 6.45) is 0.296. The lowest BCUT2D eigenvalue weighted by molar-refractivity contribution is -0.104. The summed E-state index contributed by atoms with van der Waals surface area (Å²) < 4.78 is 5.57. The average molecular weight is 240 g/mol. The van der Waals surface area contributed by atoms with Crippen LogP contribution >= 0.6 is 0 Å². The minimum absolute atomic E-state index is 0.295. The first kappa shape index (κ1) is 12.0. The molecule has 2 aromatic rings. The summed E-state index contributed by atoms with van der Waals surface area (Å²) in [5, 5.41) is 0.